The summed E-state index contributed by atoms with van der Waals surface area (Å²) in [5, 5.41) is 0. The van der Waals surface area contributed by atoms with Crippen molar-refractivity contribution in [3.05, 3.63) is 29.6 Å². The summed E-state index contributed by atoms with van der Waals surface area (Å²) in [7, 11) is 0. The Hall–Kier alpha value is -2.11. The zero-order chi connectivity index (χ0) is 14.7. The van der Waals surface area contributed by atoms with Gasteiger partial charge in [-0.25, -0.2) is 4.39 Å². The van der Waals surface area contributed by atoms with E-state index in [1.165, 1.54) is 17.0 Å². The third-order valence-electron chi connectivity index (χ3n) is 3.10. The summed E-state index contributed by atoms with van der Waals surface area (Å²) in [5.41, 5.74) is 5.66. The first-order valence-electron chi connectivity index (χ1n) is 6.54. The topological polar surface area (TPSA) is 72.6 Å². The molecule has 1 saturated carbocycles. The Bertz CT molecular complexity index is 529. The maximum Gasteiger partial charge on any atom is 0.325 e. The van der Waals surface area contributed by atoms with Crippen LogP contribution in [0.25, 0.3) is 0 Å². The first-order valence-corrected chi connectivity index (χ1v) is 6.54. The molecule has 0 radical (unpaired) electrons. The Morgan fingerprint density at radius 1 is 1.45 bits per heavy atom. The van der Waals surface area contributed by atoms with Crippen LogP contribution >= 0.6 is 0 Å². The summed E-state index contributed by atoms with van der Waals surface area (Å²) >= 11 is 0. The Morgan fingerprint density at radius 3 is 2.70 bits per heavy atom. The van der Waals surface area contributed by atoms with Gasteiger partial charge in [-0.2, -0.15) is 0 Å². The van der Waals surface area contributed by atoms with E-state index >= 15 is 0 Å². The molecule has 5 nitrogen and oxygen atoms in total. The summed E-state index contributed by atoms with van der Waals surface area (Å²) < 4.78 is 18.0. The van der Waals surface area contributed by atoms with Crippen molar-refractivity contribution in [2.45, 2.75) is 25.8 Å². The number of nitrogen functional groups attached to an aromatic ring is 1. The number of esters is 1. The van der Waals surface area contributed by atoms with Gasteiger partial charge in [-0.15, -0.1) is 0 Å². The van der Waals surface area contributed by atoms with Crippen LogP contribution in [-0.2, 0) is 9.53 Å². The zero-order valence-electron chi connectivity index (χ0n) is 11.3. The van der Waals surface area contributed by atoms with Crippen LogP contribution in [0.2, 0.25) is 0 Å². The number of anilines is 1. The lowest BCUT2D eigenvalue weighted by Crippen LogP contribution is -2.38. The van der Waals surface area contributed by atoms with Gasteiger partial charge in [0.1, 0.15) is 12.4 Å². The van der Waals surface area contributed by atoms with Crippen molar-refractivity contribution >= 4 is 17.6 Å². The fourth-order valence-corrected chi connectivity index (χ4v) is 1.94. The van der Waals surface area contributed by atoms with E-state index in [4.69, 9.17) is 10.5 Å². The molecule has 0 aliphatic heterocycles. The van der Waals surface area contributed by atoms with E-state index in [0.717, 1.165) is 18.9 Å². The van der Waals surface area contributed by atoms with Gasteiger partial charge in [0.2, 0.25) is 0 Å². The van der Waals surface area contributed by atoms with Gasteiger partial charge >= 0.3 is 5.97 Å². The zero-order valence-corrected chi connectivity index (χ0v) is 11.3. The largest absolute Gasteiger partial charge is 0.465 e. The molecule has 0 spiro atoms. The standard InChI is InChI=1S/C14H17FN2O3/c1-2-20-13(18)8-17(10-4-5-10)14(19)9-3-6-11(15)12(16)7-9/h3,6-7,10H,2,4-5,8,16H2,1H3. The first kappa shape index (κ1) is 14.3. The molecule has 0 unspecified atom stereocenters. The first-order chi connectivity index (χ1) is 9.52. The molecule has 6 heteroatoms. The Morgan fingerprint density at radius 2 is 2.15 bits per heavy atom. The van der Waals surface area contributed by atoms with Gasteiger partial charge in [-0.1, -0.05) is 0 Å². The average molecular weight is 280 g/mol. The number of ether oxygens (including phenoxy) is 1. The minimum Gasteiger partial charge on any atom is -0.465 e. The van der Waals surface area contributed by atoms with Crippen molar-refractivity contribution in [1.82, 2.24) is 4.90 Å². The van der Waals surface area contributed by atoms with Crippen molar-refractivity contribution < 1.29 is 18.7 Å². The number of nitrogens with zero attached hydrogens (tertiary/aromatic N) is 1. The van der Waals surface area contributed by atoms with Crippen LogP contribution in [-0.4, -0.2) is 36.0 Å². The van der Waals surface area contributed by atoms with E-state index in [1.54, 1.807) is 6.92 Å². The number of carbonyl (C=O) groups excluding carboxylic acids is 2. The van der Waals surface area contributed by atoms with Crippen molar-refractivity contribution in [1.29, 1.82) is 0 Å². The van der Waals surface area contributed by atoms with Crippen molar-refractivity contribution in [2.24, 2.45) is 0 Å². The second kappa shape index (κ2) is 5.90. The summed E-state index contributed by atoms with van der Waals surface area (Å²) in [6.45, 7) is 1.89. The molecule has 1 aromatic carbocycles. The van der Waals surface area contributed by atoms with E-state index in [2.05, 4.69) is 0 Å². The fraction of sp³-hybridized carbons (Fsp3) is 0.429. The molecule has 1 fully saturated rings. The van der Waals surface area contributed by atoms with Crippen molar-refractivity contribution in [3.8, 4) is 0 Å². The molecule has 20 heavy (non-hydrogen) atoms. The molecule has 0 heterocycles. The maximum atomic E-state index is 13.1. The van der Waals surface area contributed by atoms with E-state index in [0.29, 0.717) is 0 Å². The Kier molecular flexibility index (Phi) is 4.22. The number of amides is 1. The minimum absolute atomic E-state index is 0.0539. The summed E-state index contributed by atoms with van der Waals surface area (Å²) in [5.74, 6) is -1.33. The lowest BCUT2D eigenvalue weighted by Gasteiger charge is -2.21. The number of halogens is 1. The molecule has 1 aromatic rings. The minimum atomic E-state index is -0.565. The van der Waals surface area contributed by atoms with Crippen LogP contribution in [0.1, 0.15) is 30.1 Å². The Balaban J connectivity index is 2.14. The molecule has 0 bridgehead atoms. The number of hydrogen-bond donors (Lipinski definition) is 1. The van der Waals surface area contributed by atoms with E-state index < -0.39 is 11.8 Å². The molecule has 2 N–H and O–H groups in total. The quantitative estimate of drug-likeness (QED) is 0.656. The SMILES string of the molecule is CCOC(=O)CN(C(=O)c1ccc(F)c(N)c1)C1CC1. The smallest absolute Gasteiger partial charge is 0.325 e. The molecule has 0 saturated heterocycles. The third kappa shape index (κ3) is 3.26. The highest BCUT2D eigenvalue weighted by Gasteiger charge is 2.34. The molecule has 1 aliphatic carbocycles. The molecular formula is C14H17FN2O3. The second-order valence-corrected chi connectivity index (χ2v) is 4.71. The average Bonchev–Trinajstić information content (AvgIpc) is 3.23. The predicted molar refractivity (Wildman–Crippen MR) is 71.5 cm³/mol. The highest BCUT2D eigenvalue weighted by atomic mass is 19.1. The molecule has 2 rings (SSSR count). The van der Waals surface area contributed by atoms with E-state index in [9.17, 15) is 14.0 Å². The molecule has 0 atom stereocenters. The number of carbonyl (C=O) groups is 2. The van der Waals surface area contributed by atoms with Crippen LogP contribution in [0.15, 0.2) is 18.2 Å². The van der Waals surface area contributed by atoms with Crippen LogP contribution in [0, 0.1) is 5.82 Å². The van der Waals surface area contributed by atoms with Crippen LogP contribution < -0.4 is 5.73 Å². The molecule has 0 aromatic heterocycles. The van der Waals surface area contributed by atoms with E-state index in [-0.39, 0.29) is 36.4 Å². The number of rotatable bonds is 5. The highest BCUT2D eigenvalue weighted by molar-refractivity contribution is 5.97. The summed E-state index contributed by atoms with van der Waals surface area (Å²) in [6.07, 6.45) is 1.73. The van der Waals surface area contributed by atoms with Crippen LogP contribution in [0.3, 0.4) is 0 Å². The Labute approximate surface area is 116 Å². The third-order valence-corrected chi connectivity index (χ3v) is 3.10. The fourth-order valence-electron chi connectivity index (χ4n) is 1.94. The number of benzene rings is 1. The molecule has 108 valence electrons. The summed E-state index contributed by atoms with van der Waals surface area (Å²) in [6, 6.07) is 3.86. The maximum absolute atomic E-state index is 13.1. The van der Waals surface area contributed by atoms with E-state index in [1.807, 2.05) is 0 Å². The van der Waals surface area contributed by atoms with Gasteiger partial charge < -0.3 is 15.4 Å². The number of hydrogen-bond acceptors (Lipinski definition) is 4. The lowest BCUT2D eigenvalue weighted by molar-refractivity contribution is -0.144. The second-order valence-electron chi connectivity index (χ2n) is 4.71. The molecular weight excluding hydrogens is 263 g/mol. The lowest BCUT2D eigenvalue weighted by atomic mass is 10.1. The van der Waals surface area contributed by atoms with Crippen molar-refractivity contribution in [3.63, 3.8) is 0 Å². The molecule has 1 aliphatic rings. The van der Waals surface area contributed by atoms with Crippen molar-refractivity contribution in [2.75, 3.05) is 18.9 Å². The normalized spacial score (nSPS) is 13.9. The summed E-state index contributed by atoms with van der Waals surface area (Å²) in [4.78, 5) is 25.4. The van der Waals surface area contributed by atoms with Gasteiger partial charge in [0.25, 0.3) is 5.91 Å². The highest BCUT2D eigenvalue weighted by Crippen LogP contribution is 2.28. The molecule has 1 amide bonds. The van der Waals surface area contributed by atoms with Crippen LogP contribution in [0.5, 0.6) is 0 Å². The van der Waals surface area contributed by atoms with Crippen LogP contribution in [0.4, 0.5) is 10.1 Å². The van der Waals surface area contributed by atoms with Gasteiger partial charge in [-0.05, 0) is 38.0 Å². The van der Waals surface area contributed by atoms with Gasteiger partial charge in [-0.3, -0.25) is 9.59 Å². The van der Waals surface area contributed by atoms with Gasteiger partial charge in [0.15, 0.2) is 0 Å². The monoisotopic (exact) mass is 280 g/mol. The predicted octanol–water partition coefficient (Wildman–Crippen LogP) is 1.58. The number of nitrogens with two attached hydrogens (primary N) is 1. The van der Waals surface area contributed by atoms with Gasteiger partial charge in [0.05, 0.1) is 12.3 Å². The van der Waals surface area contributed by atoms with Gasteiger partial charge in [0, 0.05) is 11.6 Å².